The second kappa shape index (κ2) is 5.53. The summed E-state index contributed by atoms with van der Waals surface area (Å²) in [4.78, 5) is 19.0. The summed E-state index contributed by atoms with van der Waals surface area (Å²) in [7, 11) is 0. The Bertz CT molecular complexity index is 242. The second-order valence-corrected chi connectivity index (χ2v) is 3.37. The van der Waals surface area contributed by atoms with Gasteiger partial charge >= 0.3 is 5.97 Å². The van der Waals surface area contributed by atoms with Crippen LogP contribution in [0, 0.1) is 0 Å². The second-order valence-electron chi connectivity index (χ2n) is 3.37. The first-order valence-corrected chi connectivity index (χ1v) is 4.61. The van der Waals surface area contributed by atoms with E-state index >= 15 is 0 Å². The van der Waals surface area contributed by atoms with Gasteiger partial charge in [0.25, 0.3) is 0 Å². The molecule has 1 fully saturated rings. The van der Waals surface area contributed by atoms with Gasteiger partial charge in [0.05, 0.1) is 6.61 Å². The van der Waals surface area contributed by atoms with E-state index in [4.69, 9.17) is 9.84 Å². The topological polar surface area (TPSA) is 126 Å². The lowest BCUT2D eigenvalue weighted by atomic mass is 9.99. The van der Waals surface area contributed by atoms with Gasteiger partial charge in [-0.05, 0) is 0 Å². The van der Waals surface area contributed by atoms with Crippen LogP contribution in [0.15, 0.2) is 0 Å². The highest BCUT2D eigenvalue weighted by Crippen LogP contribution is 2.21. The summed E-state index contributed by atoms with van der Waals surface area (Å²) >= 11 is 0. The van der Waals surface area contributed by atoms with Crippen molar-refractivity contribution in [1.82, 2.24) is 0 Å². The molecule has 1 unspecified atom stereocenters. The van der Waals surface area contributed by atoms with Crippen LogP contribution in [0.5, 0.6) is 0 Å². The van der Waals surface area contributed by atoms with Crippen LogP contribution >= 0.6 is 0 Å². The minimum Gasteiger partial charge on any atom is -0.394 e. The lowest BCUT2D eigenvalue weighted by molar-refractivity contribution is -0.404. The molecule has 0 spiro atoms. The third-order valence-electron chi connectivity index (χ3n) is 2.11. The van der Waals surface area contributed by atoms with Crippen molar-refractivity contribution in [3.05, 3.63) is 0 Å². The third kappa shape index (κ3) is 2.88. The Morgan fingerprint density at radius 1 is 1.25 bits per heavy atom. The van der Waals surface area contributed by atoms with Crippen LogP contribution in [0.1, 0.15) is 6.92 Å². The average Bonchev–Trinajstić information content (AvgIpc) is 2.25. The van der Waals surface area contributed by atoms with Gasteiger partial charge in [0, 0.05) is 6.92 Å². The van der Waals surface area contributed by atoms with E-state index in [9.17, 15) is 20.1 Å². The zero-order valence-corrected chi connectivity index (χ0v) is 8.52. The highest BCUT2D eigenvalue weighted by atomic mass is 17.2. The van der Waals surface area contributed by atoms with Crippen molar-refractivity contribution >= 4 is 5.97 Å². The van der Waals surface area contributed by atoms with Gasteiger partial charge in [-0.15, -0.1) is 4.89 Å². The summed E-state index contributed by atoms with van der Waals surface area (Å²) in [6.45, 7) is 0.495. The average molecular weight is 238 g/mol. The fourth-order valence-electron chi connectivity index (χ4n) is 1.26. The minimum absolute atomic E-state index is 0.578. The van der Waals surface area contributed by atoms with Gasteiger partial charge in [-0.1, -0.05) is 0 Å². The molecule has 1 heterocycles. The zero-order chi connectivity index (χ0) is 12.3. The van der Waals surface area contributed by atoms with Gasteiger partial charge in [-0.25, -0.2) is 4.79 Å². The third-order valence-corrected chi connectivity index (χ3v) is 2.11. The summed E-state index contributed by atoms with van der Waals surface area (Å²) in [6, 6.07) is 0. The molecule has 0 radical (unpaired) electrons. The Kier molecular flexibility index (Phi) is 4.59. The number of hydrogen-bond donors (Lipinski definition) is 4. The molecule has 16 heavy (non-hydrogen) atoms. The van der Waals surface area contributed by atoms with Gasteiger partial charge in [0.1, 0.15) is 24.4 Å². The molecular formula is C8H14O8. The van der Waals surface area contributed by atoms with E-state index in [1.807, 2.05) is 0 Å². The molecule has 94 valence electrons. The van der Waals surface area contributed by atoms with Gasteiger partial charge in [-0.3, -0.25) is 4.89 Å². The summed E-state index contributed by atoms with van der Waals surface area (Å²) in [5, 5.41) is 36.9. The molecule has 4 N–H and O–H groups in total. The standard InChI is InChI=1S/C8H14O8/c1-3(10)15-16-8-7(13)6(12)5(11)4(2-9)14-8/h4-9,11-13H,2H2,1H3/t4-,5+,6+,7-,8?/m1/s1. The molecule has 0 saturated carbocycles. The molecule has 0 aromatic rings. The van der Waals surface area contributed by atoms with E-state index in [-0.39, 0.29) is 0 Å². The fraction of sp³-hybridized carbons (Fsp3) is 0.875. The maximum atomic E-state index is 10.4. The van der Waals surface area contributed by atoms with Crippen molar-refractivity contribution in [2.24, 2.45) is 0 Å². The molecule has 0 aliphatic carbocycles. The Hall–Kier alpha value is -0.770. The molecule has 8 nitrogen and oxygen atoms in total. The van der Waals surface area contributed by atoms with Crippen molar-refractivity contribution in [2.75, 3.05) is 6.61 Å². The zero-order valence-electron chi connectivity index (χ0n) is 8.52. The molecule has 1 saturated heterocycles. The molecule has 0 aromatic heterocycles. The van der Waals surface area contributed by atoms with Crippen molar-refractivity contribution < 1.29 is 39.7 Å². The van der Waals surface area contributed by atoms with Crippen molar-refractivity contribution in [3.8, 4) is 0 Å². The Morgan fingerprint density at radius 3 is 2.38 bits per heavy atom. The predicted octanol–water partition coefficient (Wildman–Crippen LogP) is -2.72. The smallest absolute Gasteiger partial charge is 0.339 e. The summed E-state index contributed by atoms with van der Waals surface area (Å²) < 4.78 is 4.87. The van der Waals surface area contributed by atoms with Crippen LogP contribution in [0.4, 0.5) is 0 Å². The number of carbonyl (C=O) groups is 1. The highest BCUT2D eigenvalue weighted by molar-refractivity contribution is 5.65. The molecule has 0 aromatic carbocycles. The van der Waals surface area contributed by atoms with E-state index in [1.165, 1.54) is 0 Å². The molecule has 1 rings (SSSR count). The fourth-order valence-corrected chi connectivity index (χ4v) is 1.26. The minimum atomic E-state index is -1.59. The van der Waals surface area contributed by atoms with Crippen LogP contribution in [-0.2, 0) is 19.3 Å². The van der Waals surface area contributed by atoms with Crippen LogP contribution in [-0.4, -0.2) is 63.7 Å². The largest absolute Gasteiger partial charge is 0.394 e. The van der Waals surface area contributed by atoms with Crippen LogP contribution in [0.3, 0.4) is 0 Å². The van der Waals surface area contributed by atoms with Gasteiger partial charge in [0.15, 0.2) is 0 Å². The summed E-state index contributed by atoms with van der Waals surface area (Å²) in [5.41, 5.74) is 0. The Balaban J connectivity index is 2.60. The Morgan fingerprint density at radius 2 is 1.88 bits per heavy atom. The Labute approximate surface area is 90.9 Å². The number of aliphatic hydroxyl groups is 4. The number of ether oxygens (including phenoxy) is 1. The first-order chi connectivity index (χ1) is 7.47. The normalized spacial score (nSPS) is 39.4. The number of aliphatic hydroxyl groups excluding tert-OH is 4. The van der Waals surface area contributed by atoms with Crippen LogP contribution in [0.25, 0.3) is 0 Å². The van der Waals surface area contributed by atoms with Crippen molar-refractivity contribution in [2.45, 2.75) is 37.6 Å². The molecule has 8 heteroatoms. The number of rotatable bonds is 3. The molecule has 0 bridgehead atoms. The quantitative estimate of drug-likeness (QED) is 0.308. The first-order valence-electron chi connectivity index (χ1n) is 4.61. The van der Waals surface area contributed by atoms with E-state index in [2.05, 4.69) is 9.78 Å². The molecule has 1 aliphatic rings. The molecule has 0 amide bonds. The summed E-state index contributed by atoms with van der Waals surface area (Å²) in [6.07, 6.45) is -7.18. The van der Waals surface area contributed by atoms with E-state index < -0.39 is 43.3 Å². The van der Waals surface area contributed by atoms with Crippen molar-refractivity contribution in [1.29, 1.82) is 0 Å². The van der Waals surface area contributed by atoms with Gasteiger partial charge < -0.3 is 25.2 Å². The van der Waals surface area contributed by atoms with Crippen molar-refractivity contribution in [3.63, 3.8) is 0 Å². The predicted molar refractivity (Wildman–Crippen MR) is 46.6 cm³/mol. The van der Waals surface area contributed by atoms with E-state index in [0.717, 1.165) is 6.92 Å². The number of hydrogen-bond acceptors (Lipinski definition) is 8. The highest BCUT2D eigenvalue weighted by Gasteiger charge is 2.45. The molecule has 5 atom stereocenters. The lowest BCUT2D eigenvalue weighted by Gasteiger charge is -2.38. The number of carbonyl (C=O) groups excluding carboxylic acids is 1. The van der Waals surface area contributed by atoms with Gasteiger partial charge in [0.2, 0.25) is 6.29 Å². The van der Waals surface area contributed by atoms with E-state index in [1.54, 1.807) is 0 Å². The monoisotopic (exact) mass is 238 g/mol. The summed E-state index contributed by atoms with van der Waals surface area (Å²) in [5.74, 6) is -0.767. The molecular weight excluding hydrogens is 224 g/mol. The van der Waals surface area contributed by atoms with Gasteiger partial charge in [-0.2, -0.15) is 0 Å². The lowest BCUT2D eigenvalue weighted by Crippen LogP contribution is -2.59. The maximum Gasteiger partial charge on any atom is 0.339 e. The maximum absolute atomic E-state index is 10.4. The SMILES string of the molecule is CC(=O)OOC1O[C@H](CO)[C@H](O)[C@H](O)[C@H]1O. The molecule has 1 aliphatic heterocycles. The van der Waals surface area contributed by atoms with E-state index in [0.29, 0.717) is 0 Å². The van der Waals surface area contributed by atoms with Crippen LogP contribution < -0.4 is 0 Å². The van der Waals surface area contributed by atoms with Crippen LogP contribution in [0.2, 0.25) is 0 Å². The first kappa shape index (κ1) is 13.3.